The average Bonchev–Trinajstić information content (AvgIpc) is 2.46. The van der Waals surface area contributed by atoms with E-state index in [2.05, 4.69) is 9.97 Å². The van der Waals surface area contributed by atoms with E-state index in [9.17, 15) is 0 Å². The quantitative estimate of drug-likeness (QED) is 0.692. The number of nitrogens with two attached hydrogens (primary N) is 1. The van der Waals surface area contributed by atoms with Crippen LogP contribution in [0.25, 0.3) is 11.0 Å². The molecule has 2 N–H and O–H groups in total. The second kappa shape index (κ2) is 2.62. The molecule has 5 heteroatoms. The number of anilines is 1. The highest BCUT2D eigenvalue weighted by atomic mass is 16.5. The summed E-state index contributed by atoms with van der Waals surface area (Å²) >= 11 is 0. The Balaban J connectivity index is 2.85. The number of methoxy groups -OCH3 is 1. The molecule has 0 bridgehead atoms. The first-order valence-electron chi connectivity index (χ1n) is 3.85. The topological polar surface area (TPSA) is 66.0 Å². The maximum Gasteiger partial charge on any atom is 0.243 e. The number of hydrogen-bond acceptors (Lipinski definition) is 4. The minimum absolute atomic E-state index is 0.232. The molecule has 0 fully saturated rings. The van der Waals surface area contributed by atoms with E-state index in [1.807, 2.05) is 23.9 Å². The highest BCUT2D eigenvalue weighted by molar-refractivity contribution is 5.81. The van der Waals surface area contributed by atoms with Gasteiger partial charge in [-0.2, -0.15) is 4.98 Å². The molecule has 0 aliphatic carbocycles. The van der Waals surface area contributed by atoms with Crippen molar-refractivity contribution < 1.29 is 4.74 Å². The Kier molecular flexibility index (Phi) is 1.58. The number of ether oxygens (including phenoxy) is 1. The van der Waals surface area contributed by atoms with Crippen LogP contribution in [0.3, 0.4) is 0 Å². The number of rotatable bonds is 1. The molecule has 0 spiro atoms. The molecule has 0 aliphatic heterocycles. The van der Waals surface area contributed by atoms with Gasteiger partial charge in [0.25, 0.3) is 0 Å². The first-order valence-corrected chi connectivity index (χ1v) is 3.85. The number of nitrogens with zero attached hydrogens (tertiary/aromatic N) is 3. The molecule has 2 aromatic heterocycles. The highest BCUT2D eigenvalue weighted by Gasteiger charge is 2.08. The van der Waals surface area contributed by atoms with Crippen molar-refractivity contribution in [3.63, 3.8) is 0 Å². The monoisotopic (exact) mass is 178 g/mol. The van der Waals surface area contributed by atoms with Crippen molar-refractivity contribution in [1.82, 2.24) is 14.5 Å². The molecular formula is C8H10N4O. The number of aryl methyl sites for hydroxylation is 1. The van der Waals surface area contributed by atoms with Crippen LogP contribution < -0.4 is 10.5 Å². The zero-order valence-electron chi connectivity index (χ0n) is 7.48. The van der Waals surface area contributed by atoms with Gasteiger partial charge in [-0.1, -0.05) is 0 Å². The molecule has 2 aromatic rings. The lowest BCUT2D eigenvalue weighted by molar-refractivity contribution is 0.401. The van der Waals surface area contributed by atoms with Crippen LogP contribution >= 0.6 is 0 Å². The first kappa shape index (κ1) is 7.85. The second-order valence-electron chi connectivity index (χ2n) is 2.75. The van der Waals surface area contributed by atoms with Crippen molar-refractivity contribution in [2.45, 2.75) is 0 Å². The molecular weight excluding hydrogens is 168 g/mol. The molecule has 5 nitrogen and oxygen atoms in total. The van der Waals surface area contributed by atoms with E-state index in [0.717, 1.165) is 11.0 Å². The smallest absolute Gasteiger partial charge is 0.243 e. The molecule has 0 atom stereocenters. The van der Waals surface area contributed by atoms with Crippen LogP contribution in [-0.4, -0.2) is 21.6 Å². The molecule has 0 amide bonds. The van der Waals surface area contributed by atoms with Gasteiger partial charge < -0.3 is 15.0 Å². The van der Waals surface area contributed by atoms with Crippen LogP contribution in [0.15, 0.2) is 12.3 Å². The summed E-state index contributed by atoms with van der Waals surface area (Å²) in [6.07, 6.45) is 1.89. The van der Waals surface area contributed by atoms with Gasteiger partial charge >= 0.3 is 0 Å². The van der Waals surface area contributed by atoms with Gasteiger partial charge in [-0.05, 0) is 6.07 Å². The van der Waals surface area contributed by atoms with Gasteiger partial charge in [-0.3, -0.25) is 0 Å². The van der Waals surface area contributed by atoms with Crippen molar-refractivity contribution in [2.24, 2.45) is 7.05 Å². The van der Waals surface area contributed by atoms with E-state index < -0.39 is 0 Å². The zero-order chi connectivity index (χ0) is 9.42. The predicted octanol–water partition coefficient (Wildman–Crippen LogP) is 0.559. The molecule has 2 heterocycles. The summed E-state index contributed by atoms with van der Waals surface area (Å²) < 4.78 is 6.99. The first-order chi connectivity index (χ1) is 6.22. The zero-order valence-corrected chi connectivity index (χ0v) is 7.48. The fourth-order valence-electron chi connectivity index (χ4n) is 1.31. The number of nitrogen functional groups attached to an aromatic ring is 1. The van der Waals surface area contributed by atoms with Crippen molar-refractivity contribution in [1.29, 1.82) is 0 Å². The fourth-order valence-corrected chi connectivity index (χ4v) is 1.31. The minimum Gasteiger partial charge on any atom is -0.479 e. The maximum atomic E-state index is 5.50. The van der Waals surface area contributed by atoms with Gasteiger partial charge in [0.2, 0.25) is 11.8 Å². The largest absolute Gasteiger partial charge is 0.479 e. The average molecular weight is 178 g/mol. The van der Waals surface area contributed by atoms with Crippen molar-refractivity contribution in [3.05, 3.63) is 12.3 Å². The molecule has 0 unspecified atom stereocenters. The van der Waals surface area contributed by atoms with E-state index >= 15 is 0 Å². The van der Waals surface area contributed by atoms with E-state index in [4.69, 9.17) is 10.5 Å². The molecule has 2 rings (SSSR count). The maximum absolute atomic E-state index is 5.50. The molecule has 0 saturated heterocycles. The van der Waals surface area contributed by atoms with Gasteiger partial charge in [0.1, 0.15) is 5.52 Å². The van der Waals surface area contributed by atoms with Gasteiger partial charge in [0.15, 0.2) is 0 Å². The van der Waals surface area contributed by atoms with Crippen LogP contribution in [0.5, 0.6) is 5.88 Å². The number of aromatic nitrogens is 3. The van der Waals surface area contributed by atoms with Crippen molar-refractivity contribution in [3.8, 4) is 5.88 Å². The summed E-state index contributed by atoms with van der Waals surface area (Å²) in [5.41, 5.74) is 7.15. The summed E-state index contributed by atoms with van der Waals surface area (Å²) in [4.78, 5) is 8.05. The van der Waals surface area contributed by atoms with Crippen LogP contribution in [0.4, 0.5) is 5.95 Å². The summed E-state index contributed by atoms with van der Waals surface area (Å²) in [5, 5.41) is 0. The second-order valence-corrected chi connectivity index (χ2v) is 2.75. The lowest BCUT2D eigenvalue weighted by Gasteiger charge is -2.03. The Labute approximate surface area is 75.2 Å². The molecule has 0 radical (unpaired) electrons. The Bertz CT molecular complexity index is 449. The van der Waals surface area contributed by atoms with Gasteiger partial charge in [0.05, 0.1) is 12.6 Å². The SMILES string of the molecule is COc1nc(N)nc2ccn(C)c12. The molecule has 0 aromatic carbocycles. The lowest BCUT2D eigenvalue weighted by Crippen LogP contribution is -1.99. The molecule has 13 heavy (non-hydrogen) atoms. The summed E-state index contributed by atoms with van der Waals surface area (Å²) in [5.74, 6) is 0.741. The molecule has 68 valence electrons. The van der Waals surface area contributed by atoms with Crippen LogP contribution in [0, 0.1) is 0 Å². The van der Waals surface area contributed by atoms with Crippen LogP contribution in [0.1, 0.15) is 0 Å². The summed E-state index contributed by atoms with van der Waals surface area (Å²) in [7, 11) is 3.47. The van der Waals surface area contributed by atoms with Crippen LogP contribution in [-0.2, 0) is 7.05 Å². The van der Waals surface area contributed by atoms with E-state index in [0.29, 0.717) is 5.88 Å². The molecule has 0 aliphatic rings. The Morgan fingerprint density at radius 3 is 2.92 bits per heavy atom. The summed E-state index contributed by atoms with van der Waals surface area (Å²) in [6, 6.07) is 1.87. The Morgan fingerprint density at radius 1 is 1.46 bits per heavy atom. The summed E-state index contributed by atoms with van der Waals surface area (Å²) in [6.45, 7) is 0. The Morgan fingerprint density at radius 2 is 2.23 bits per heavy atom. The van der Waals surface area contributed by atoms with Gasteiger partial charge in [-0.15, -0.1) is 0 Å². The van der Waals surface area contributed by atoms with Crippen molar-refractivity contribution >= 4 is 17.0 Å². The standard InChI is InChI=1S/C8H10N4O/c1-12-4-3-5-6(12)7(13-2)11-8(9)10-5/h3-4H,1-2H3,(H2,9,10,11). The minimum atomic E-state index is 0.232. The third kappa shape index (κ3) is 1.09. The van der Waals surface area contributed by atoms with Gasteiger partial charge in [-0.25, -0.2) is 4.98 Å². The Hall–Kier alpha value is -1.78. The van der Waals surface area contributed by atoms with Gasteiger partial charge in [0, 0.05) is 13.2 Å². The number of hydrogen-bond donors (Lipinski definition) is 1. The van der Waals surface area contributed by atoms with E-state index in [-0.39, 0.29) is 5.95 Å². The number of fused-ring (bicyclic) bond motifs is 1. The molecule has 0 saturated carbocycles. The van der Waals surface area contributed by atoms with E-state index in [1.54, 1.807) is 7.11 Å². The van der Waals surface area contributed by atoms with E-state index in [1.165, 1.54) is 0 Å². The normalized spacial score (nSPS) is 10.6. The highest BCUT2D eigenvalue weighted by Crippen LogP contribution is 2.22. The van der Waals surface area contributed by atoms with Crippen molar-refractivity contribution in [2.75, 3.05) is 12.8 Å². The third-order valence-electron chi connectivity index (χ3n) is 1.90. The van der Waals surface area contributed by atoms with Crippen LogP contribution in [0.2, 0.25) is 0 Å². The third-order valence-corrected chi connectivity index (χ3v) is 1.90. The predicted molar refractivity (Wildman–Crippen MR) is 49.5 cm³/mol. The fraction of sp³-hybridized carbons (Fsp3) is 0.250. The lowest BCUT2D eigenvalue weighted by atomic mass is 10.4.